The third-order valence-electron chi connectivity index (χ3n) is 2.14. The molecule has 0 saturated heterocycles. The molecule has 0 N–H and O–H groups in total. The lowest BCUT2D eigenvalue weighted by molar-refractivity contribution is 0.894. The number of hydrogen-bond donors (Lipinski definition) is 0. The van der Waals surface area contributed by atoms with Gasteiger partial charge in [-0.15, -0.1) is 0 Å². The fourth-order valence-corrected chi connectivity index (χ4v) is 2.94. The number of rotatable bonds is 3. The summed E-state index contributed by atoms with van der Waals surface area (Å²) in [5.74, 6) is 0. The first-order valence-corrected chi connectivity index (χ1v) is 7.43. The highest BCUT2D eigenvalue weighted by Crippen LogP contribution is 2.30. The molecule has 5 heteroatoms. The molecular weight excluding hydrogens is 272 g/mol. The number of aromatic nitrogens is 2. The molecule has 1 heterocycles. The second kappa shape index (κ2) is 5.76. The Bertz CT molecular complexity index is 532. The van der Waals surface area contributed by atoms with E-state index in [1.165, 1.54) is 22.2 Å². The molecule has 2 nitrogen and oxygen atoms in total. The summed E-state index contributed by atoms with van der Waals surface area (Å²) < 4.78 is 0. The molecule has 0 amide bonds. The summed E-state index contributed by atoms with van der Waals surface area (Å²) in [7, 11) is 0. The van der Waals surface area contributed by atoms with Gasteiger partial charge in [0, 0.05) is 11.0 Å². The molecule has 0 aliphatic heterocycles. The maximum absolute atomic E-state index is 5.96. The molecule has 17 heavy (non-hydrogen) atoms. The van der Waals surface area contributed by atoms with Gasteiger partial charge in [-0.3, -0.25) is 0 Å². The maximum atomic E-state index is 5.96. The van der Waals surface area contributed by atoms with Gasteiger partial charge in [0.05, 0.1) is 0 Å². The first-order valence-electron chi connectivity index (χ1n) is 5.01. The van der Waals surface area contributed by atoms with Crippen LogP contribution in [0.25, 0.3) is 0 Å². The first kappa shape index (κ1) is 12.7. The van der Waals surface area contributed by atoms with Crippen molar-refractivity contribution in [1.29, 1.82) is 0 Å². The Kier molecular flexibility index (Phi) is 4.31. The van der Waals surface area contributed by atoms with Crippen LogP contribution >= 0.6 is 35.1 Å². The number of halogens is 1. The first-order chi connectivity index (χ1) is 8.19. The van der Waals surface area contributed by atoms with Crippen LogP contribution in [0.4, 0.5) is 0 Å². The van der Waals surface area contributed by atoms with Crippen molar-refractivity contribution in [2.45, 2.75) is 22.0 Å². The molecule has 0 unspecified atom stereocenters. The van der Waals surface area contributed by atoms with E-state index in [1.54, 1.807) is 17.8 Å². The number of hydrogen-bond acceptors (Lipinski definition) is 4. The van der Waals surface area contributed by atoms with Crippen molar-refractivity contribution >= 4 is 35.1 Å². The predicted molar refractivity (Wildman–Crippen MR) is 74.1 cm³/mol. The highest BCUT2D eigenvalue weighted by molar-refractivity contribution is 7.99. The van der Waals surface area contributed by atoms with Crippen molar-refractivity contribution in [3.8, 4) is 0 Å². The van der Waals surface area contributed by atoms with Crippen LogP contribution in [-0.4, -0.2) is 16.2 Å². The van der Waals surface area contributed by atoms with E-state index in [0.717, 1.165) is 5.03 Å². The Morgan fingerprint density at radius 1 is 1.18 bits per heavy atom. The smallest absolute Gasteiger partial charge is 0.189 e. The molecular formula is C12H11ClN2S2. The fourth-order valence-electron chi connectivity index (χ4n) is 1.30. The highest BCUT2D eigenvalue weighted by Gasteiger charge is 2.05. The Balaban J connectivity index is 2.30. The monoisotopic (exact) mass is 282 g/mol. The van der Waals surface area contributed by atoms with Gasteiger partial charge in [0.15, 0.2) is 5.16 Å². The van der Waals surface area contributed by atoms with Gasteiger partial charge in [-0.25, -0.2) is 9.97 Å². The summed E-state index contributed by atoms with van der Waals surface area (Å²) in [6.07, 6.45) is 1.94. The maximum Gasteiger partial charge on any atom is 0.189 e. The molecule has 1 aromatic carbocycles. The largest absolute Gasteiger partial charge is 0.216 e. The summed E-state index contributed by atoms with van der Waals surface area (Å²) in [6.45, 7) is 2.08. The normalized spacial score (nSPS) is 10.5. The van der Waals surface area contributed by atoms with E-state index in [-0.39, 0.29) is 0 Å². The molecule has 0 atom stereocenters. The van der Waals surface area contributed by atoms with Gasteiger partial charge in [-0.05, 0) is 24.8 Å². The van der Waals surface area contributed by atoms with Crippen LogP contribution in [-0.2, 0) is 0 Å². The molecule has 0 fully saturated rings. The minimum absolute atomic E-state index is 0.487. The van der Waals surface area contributed by atoms with Crippen molar-refractivity contribution in [2.24, 2.45) is 0 Å². The van der Waals surface area contributed by atoms with Crippen molar-refractivity contribution < 1.29 is 0 Å². The average molecular weight is 283 g/mol. The quantitative estimate of drug-likeness (QED) is 0.476. The molecule has 0 spiro atoms. The molecule has 1 aromatic heterocycles. The molecule has 0 bridgehead atoms. The van der Waals surface area contributed by atoms with Crippen molar-refractivity contribution in [2.75, 3.05) is 6.26 Å². The third kappa shape index (κ3) is 3.37. The molecule has 0 saturated carbocycles. The summed E-state index contributed by atoms with van der Waals surface area (Å²) in [4.78, 5) is 9.73. The molecule has 0 aliphatic carbocycles. The SMILES string of the molecule is CSc1nc(Cl)cc(Sc2ccccc2C)n1. The zero-order valence-corrected chi connectivity index (χ0v) is 11.9. The Hall–Kier alpha value is -0.710. The van der Waals surface area contributed by atoms with Crippen LogP contribution < -0.4 is 0 Å². The summed E-state index contributed by atoms with van der Waals surface area (Å²) in [5.41, 5.74) is 1.23. The van der Waals surface area contributed by atoms with Crippen molar-refractivity contribution in [3.05, 3.63) is 41.0 Å². The summed E-state index contributed by atoms with van der Waals surface area (Å²) in [5, 5.41) is 2.07. The molecule has 0 aliphatic rings. The lowest BCUT2D eigenvalue weighted by Crippen LogP contribution is -1.89. The lowest BCUT2D eigenvalue weighted by Gasteiger charge is -2.05. The predicted octanol–water partition coefficient (Wildman–Crippen LogP) is 4.31. The van der Waals surface area contributed by atoms with Gasteiger partial charge >= 0.3 is 0 Å². The lowest BCUT2D eigenvalue weighted by atomic mass is 10.2. The van der Waals surface area contributed by atoms with Gasteiger partial charge in [0.1, 0.15) is 10.2 Å². The zero-order valence-electron chi connectivity index (χ0n) is 9.48. The van der Waals surface area contributed by atoms with Crippen molar-refractivity contribution in [1.82, 2.24) is 9.97 Å². The Morgan fingerprint density at radius 3 is 2.65 bits per heavy atom. The second-order valence-electron chi connectivity index (χ2n) is 3.38. The Morgan fingerprint density at radius 2 is 1.94 bits per heavy atom. The average Bonchev–Trinajstić information content (AvgIpc) is 2.31. The van der Waals surface area contributed by atoms with Crippen molar-refractivity contribution in [3.63, 3.8) is 0 Å². The second-order valence-corrected chi connectivity index (χ2v) is 5.61. The third-order valence-corrected chi connectivity index (χ3v) is 3.98. The van der Waals surface area contributed by atoms with Crippen LogP contribution in [0.2, 0.25) is 5.15 Å². The number of nitrogens with zero attached hydrogens (tertiary/aromatic N) is 2. The van der Waals surface area contributed by atoms with E-state index < -0.39 is 0 Å². The van der Waals surface area contributed by atoms with Crippen LogP contribution in [0.5, 0.6) is 0 Å². The van der Waals surface area contributed by atoms with Gasteiger partial charge in [-0.2, -0.15) is 0 Å². The van der Waals surface area contributed by atoms with Crippen LogP contribution in [0, 0.1) is 6.92 Å². The number of thioether (sulfide) groups is 1. The molecule has 0 radical (unpaired) electrons. The van der Waals surface area contributed by atoms with Gasteiger partial charge in [0.2, 0.25) is 0 Å². The fraction of sp³-hybridized carbons (Fsp3) is 0.167. The van der Waals surface area contributed by atoms with E-state index >= 15 is 0 Å². The van der Waals surface area contributed by atoms with Crippen LogP contribution in [0.3, 0.4) is 0 Å². The van der Waals surface area contributed by atoms with E-state index in [4.69, 9.17) is 11.6 Å². The minimum atomic E-state index is 0.487. The van der Waals surface area contributed by atoms with Gasteiger partial charge in [-0.1, -0.05) is 53.3 Å². The van der Waals surface area contributed by atoms with Gasteiger partial charge in [0.25, 0.3) is 0 Å². The topological polar surface area (TPSA) is 25.8 Å². The van der Waals surface area contributed by atoms with E-state index in [9.17, 15) is 0 Å². The number of aryl methyl sites for hydroxylation is 1. The van der Waals surface area contributed by atoms with Crippen LogP contribution in [0.15, 0.2) is 45.4 Å². The van der Waals surface area contributed by atoms with E-state index in [2.05, 4.69) is 29.0 Å². The zero-order chi connectivity index (χ0) is 12.3. The summed E-state index contributed by atoms with van der Waals surface area (Å²) >= 11 is 9.06. The molecule has 2 aromatic rings. The van der Waals surface area contributed by atoms with E-state index in [1.807, 2.05) is 18.4 Å². The van der Waals surface area contributed by atoms with Gasteiger partial charge < -0.3 is 0 Å². The molecule has 88 valence electrons. The molecule has 2 rings (SSSR count). The highest BCUT2D eigenvalue weighted by atomic mass is 35.5. The standard InChI is InChI=1S/C12H11ClN2S2/c1-8-5-3-4-6-9(8)17-11-7-10(13)14-12(15-11)16-2/h3-7H,1-2H3. The Labute approximate surface area is 114 Å². The number of benzene rings is 1. The minimum Gasteiger partial charge on any atom is -0.216 e. The summed E-state index contributed by atoms with van der Waals surface area (Å²) in [6, 6.07) is 10.0. The van der Waals surface area contributed by atoms with E-state index in [0.29, 0.717) is 10.3 Å². The van der Waals surface area contributed by atoms with Crippen LogP contribution in [0.1, 0.15) is 5.56 Å².